The minimum absolute atomic E-state index is 0.287. The van der Waals surface area contributed by atoms with Gasteiger partial charge in [0, 0.05) is 18.3 Å². The molecule has 0 radical (unpaired) electrons. The Balaban J connectivity index is 2.08. The van der Waals surface area contributed by atoms with E-state index in [0.717, 1.165) is 12.1 Å². The number of carbonyl (C=O) groups is 2. The zero-order chi connectivity index (χ0) is 18.6. The van der Waals surface area contributed by atoms with Gasteiger partial charge in [-0.25, -0.2) is 13.2 Å². The maximum atomic E-state index is 13.6. The molecule has 3 N–H and O–H groups in total. The van der Waals surface area contributed by atoms with Crippen LogP contribution in [0.1, 0.15) is 17.3 Å². The molecule has 2 aromatic rings. The number of carbonyl (C=O) groups excluding carboxylic acids is 2. The second kappa shape index (κ2) is 7.69. The maximum absolute atomic E-state index is 13.6. The van der Waals surface area contributed by atoms with Gasteiger partial charge in [-0.1, -0.05) is 6.07 Å². The fraction of sp³-hybridized carbons (Fsp3) is 0.176. The van der Waals surface area contributed by atoms with Gasteiger partial charge in [0.2, 0.25) is 5.91 Å². The van der Waals surface area contributed by atoms with Crippen molar-refractivity contribution in [2.75, 3.05) is 17.7 Å². The summed E-state index contributed by atoms with van der Waals surface area (Å²) in [5.74, 6) is -5.41. The summed E-state index contributed by atoms with van der Waals surface area (Å²) in [5, 5.41) is 7.51. The van der Waals surface area contributed by atoms with Crippen molar-refractivity contribution in [3.63, 3.8) is 0 Å². The molecule has 2 rings (SSSR count). The first-order valence-corrected chi connectivity index (χ1v) is 7.36. The van der Waals surface area contributed by atoms with Crippen LogP contribution in [-0.4, -0.2) is 24.9 Å². The van der Waals surface area contributed by atoms with E-state index in [0.29, 0.717) is 11.3 Å². The Hall–Kier alpha value is -3.03. The number of rotatable bonds is 5. The van der Waals surface area contributed by atoms with Crippen molar-refractivity contribution >= 4 is 23.2 Å². The lowest BCUT2D eigenvalue weighted by molar-refractivity contribution is -0.116. The van der Waals surface area contributed by atoms with Crippen LogP contribution in [0.5, 0.6) is 0 Å². The van der Waals surface area contributed by atoms with E-state index >= 15 is 0 Å². The van der Waals surface area contributed by atoms with Crippen LogP contribution in [-0.2, 0) is 4.79 Å². The highest BCUT2D eigenvalue weighted by Crippen LogP contribution is 2.20. The number of hydrogen-bond acceptors (Lipinski definition) is 3. The Kier molecular flexibility index (Phi) is 5.63. The average molecular weight is 351 g/mol. The van der Waals surface area contributed by atoms with Gasteiger partial charge in [0.1, 0.15) is 6.04 Å². The minimum Gasteiger partial charge on any atom is -0.374 e. The normalized spacial score (nSPS) is 11.6. The fourth-order valence-corrected chi connectivity index (χ4v) is 2.07. The van der Waals surface area contributed by atoms with Gasteiger partial charge >= 0.3 is 0 Å². The topological polar surface area (TPSA) is 70.2 Å². The Morgan fingerprint density at radius 2 is 1.76 bits per heavy atom. The monoisotopic (exact) mass is 351 g/mol. The van der Waals surface area contributed by atoms with Crippen molar-refractivity contribution in [2.24, 2.45) is 0 Å². The highest BCUT2D eigenvalue weighted by Gasteiger charge is 2.18. The quantitative estimate of drug-likeness (QED) is 0.726. The number of halogens is 3. The lowest BCUT2D eigenvalue weighted by atomic mass is 10.1. The minimum atomic E-state index is -1.66. The first kappa shape index (κ1) is 18.3. The summed E-state index contributed by atoms with van der Waals surface area (Å²) in [4.78, 5) is 23.7. The Bertz CT molecular complexity index is 812. The summed E-state index contributed by atoms with van der Waals surface area (Å²) in [7, 11) is 1.49. The van der Waals surface area contributed by atoms with Gasteiger partial charge < -0.3 is 16.0 Å². The molecule has 5 nitrogen and oxygen atoms in total. The molecule has 0 spiro atoms. The van der Waals surface area contributed by atoms with Crippen LogP contribution in [0, 0.1) is 17.5 Å². The van der Waals surface area contributed by atoms with E-state index in [1.54, 1.807) is 24.3 Å². The summed E-state index contributed by atoms with van der Waals surface area (Å²) in [6, 6.07) is 7.25. The standard InChI is InChI=1S/C17H16F3N3O2/c1-9(22-11-5-3-4-10(8-11)17(25)21-2)16(24)23-13-7-6-12(18)14(19)15(13)20/h3-9,22H,1-2H3,(H,21,25)(H,23,24)/t9-/m1/s1. The number of hydrogen-bond donors (Lipinski definition) is 3. The zero-order valence-electron chi connectivity index (χ0n) is 13.5. The van der Waals surface area contributed by atoms with Gasteiger partial charge in [-0.3, -0.25) is 9.59 Å². The van der Waals surface area contributed by atoms with Crippen LogP contribution in [0.15, 0.2) is 36.4 Å². The molecule has 2 amide bonds. The van der Waals surface area contributed by atoms with E-state index in [1.807, 2.05) is 0 Å². The maximum Gasteiger partial charge on any atom is 0.251 e. The van der Waals surface area contributed by atoms with E-state index in [2.05, 4.69) is 16.0 Å². The first-order chi connectivity index (χ1) is 11.8. The average Bonchev–Trinajstić information content (AvgIpc) is 2.61. The summed E-state index contributed by atoms with van der Waals surface area (Å²) in [5.41, 5.74) is 0.429. The molecule has 132 valence electrons. The van der Waals surface area contributed by atoms with E-state index in [4.69, 9.17) is 0 Å². The van der Waals surface area contributed by atoms with Gasteiger partial charge in [-0.15, -0.1) is 0 Å². The highest BCUT2D eigenvalue weighted by molar-refractivity contribution is 5.97. The lowest BCUT2D eigenvalue weighted by Gasteiger charge is -2.16. The van der Waals surface area contributed by atoms with Gasteiger partial charge in [0.05, 0.1) is 5.69 Å². The van der Waals surface area contributed by atoms with E-state index in [9.17, 15) is 22.8 Å². The summed E-state index contributed by atoms with van der Waals surface area (Å²) < 4.78 is 39.7. The van der Waals surface area contributed by atoms with Crippen molar-refractivity contribution in [3.8, 4) is 0 Å². The smallest absolute Gasteiger partial charge is 0.251 e. The Labute approximate surface area is 142 Å². The van der Waals surface area contributed by atoms with Crippen LogP contribution in [0.25, 0.3) is 0 Å². The van der Waals surface area contributed by atoms with E-state index in [-0.39, 0.29) is 5.91 Å². The van der Waals surface area contributed by atoms with Crippen molar-refractivity contribution in [1.29, 1.82) is 0 Å². The van der Waals surface area contributed by atoms with Gasteiger partial charge in [-0.05, 0) is 37.3 Å². The molecule has 1 atom stereocenters. The molecular formula is C17H16F3N3O2. The lowest BCUT2D eigenvalue weighted by Crippen LogP contribution is -2.32. The summed E-state index contributed by atoms with van der Waals surface area (Å²) in [6.07, 6.45) is 0. The van der Waals surface area contributed by atoms with Crippen LogP contribution >= 0.6 is 0 Å². The molecule has 25 heavy (non-hydrogen) atoms. The molecule has 8 heteroatoms. The van der Waals surface area contributed by atoms with Crippen LogP contribution in [0.3, 0.4) is 0 Å². The molecule has 0 unspecified atom stereocenters. The predicted octanol–water partition coefficient (Wildman–Crippen LogP) is 2.90. The highest BCUT2D eigenvalue weighted by atomic mass is 19.2. The van der Waals surface area contributed by atoms with Crippen LogP contribution in [0.2, 0.25) is 0 Å². The Morgan fingerprint density at radius 1 is 1.04 bits per heavy atom. The van der Waals surface area contributed by atoms with Gasteiger partial charge in [0.15, 0.2) is 17.5 Å². The molecule has 0 heterocycles. The van der Waals surface area contributed by atoms with E-state index < -0.39 is 35.1 Å². The molecule has 0 aliphatic rings. The molecular weight excluding hydrogens is 335 g/mol. The first-order valence-electron chi connectivity index (χ1n) is 7.36. The molecule has 0 fully saturated rings. The number of benzene rings is 2. The van der Waals surface area contributed by atoms with Crippen molar-refractivity contribution in [1.82, 2.24) is 5.32 Å². The van der Waals surface area contributed by atoms with Crippen LogP contribution < -0.4 is 16.0 Å². The number of amides is 2. The van der Waals surface area contributed by atoms with Crippen molar-refractivity contribution in [3.05, 3.63) is 59.4 Å². The summed E-state index contributed by atoms with van der Waals surface area (Å²) in [6.45, 7) is 1.50. The van der Waals surface area contributed by atoms with Gasteiger partial charge in [0.25, 0.3) is 5.91 Å². The fourth-order valence-electron chi connectivity index (χ4n) is 2.07. The Morgan fingerprint density at radius 3 is 2.44 bits per heavy atom. The second-order valence-electron chi connectivity index (χ2n) is 5.24. The van der Waals surface area contributed by atoms with Crippen molar-refractivity contribution < 1.29 is 22.8 Å². The predicted molar refractivity (Wildman–Crippen MR) is 87.9 cm³/mol. The molecule has 0 saturated heterocycles. The molecule has 0 aliphatic carbocycles. The number of anilines is 2. The van der Waals surface area contributed by atoms with Crippen LogP contribution in [0.4, 0.5) is 24.5 Å². The second-order valence-corrected chi connectivity index (χ2v) is 5.24. The molecule has 0 saturated carbocycles. The largest absolute Gasteiger partial charge is 0.374 e. The van der Waals surface area contributed by atoms with Crippen molar-refractivity contribution in [2.45, 2.75) is 13.0 Å². The molecule has 0 aliphatic heterocycles. The zero-order valence-corrected chi connectivity index (χ0v) is 13.5. The summed E-state index contributed by atoms with van der Waals surface area (Å²) >= 11 is 0. The SMILES string of the molecule is CNC(=O)c1cccc(N[C@H](C)C(=O)Nc2ccc(F)c(F)c2F)c1. The molecule has 0 aromatic heterocycles. The third-order valence-corrected chi connectivity index (χ3v) is 3.42. The third-order valence-electron chi connectivity index (χ3n) is 3.42. The van der Waals surface area contributed by atoms with E-state index in [1.165, 1.54) is 14.0 Å². The van der Waals surface area contributed by atoms with Gasteiger partial charge in [-0.2, -0.15) is 0 Å². The molecule has 2 aromatic carbocycles. The number of nitrogens with one attached hydrogen (secondary N) is 3. The third kappa shape index (κ3) is 4.28. The molecule has 0 bridgehead atoms.